The largest absolute Gasteiger partial charge is 0.383 e. The van der Waals surface area contributed by atoms with E-state index in [0.29, 0.717) is 12.3 Å². The van der Waals surface area contributed by atoms with Crippen molar-refractivity contribution in [2.75, 3.05) is 52.8 Å². The average molecular weight is 350 g/mol. The monoisotopic (exact) mass is 350 g/mol. The van der Waals surface area contributed by atoms with Crippen LogP contribution in [-0.4, -0.2) is 75.1 Å². The van der Waals surface area contributed by atoms with Crippen molar-refractivity contribution in [3.63, 3.8) is 0 Å². The van der Waals surface area contributed by atoms with Crippen LogP contribution in [0, 0.1) is 6.92 Å². The number of nitrogens with one attached hydrogen (secondary N) is 2. The molecule has 0 aliphatic carbocycles. The molecule has 0 fully saturated rings. The van der Waals surface area contributed by atoms with Crippen LogP contribution < -0.4 is 10.6 Å². The highest BCUT2D eigenvalue weighted by Crippen LogP contribution is 2.07. The minimum absolute atomic E-state index is 0.141. The molecule has 0 unspecified atom stereocenters. The average Bonchev–Trinajstić information content (AvgIpc) is 2.58. The summed E-state index contributed by atoms with van der Waals surface area (Å²) in [5.74, 6) is -0.745. The molecule has 0 spiro atoms. The Kier molecular flexibility index (Phi) is 8.42. The Balaban J connectivity index is 2.46. The fraction of sp³-hybridized carbons (Fsp3) is 0.471. The molecule has 25 heavy (non-hydrogen) atoms. The molecule has 0 bridgehead atoms. The maximum absolute atomic E-state index is 12.0. The van der Waals surface area contributed by atoms with Gasteiger partial charge in [0.15, 0.2) is 0 Å². The third kappa shape index (κ3) is 7.67. The van der Waals surface area contributed by atoms with Crippen LogP contribution in [0.15, 0.2) is 24.3 Å². The third-order valence-corrected chi connectivity index (χ3v) is 3.33. The van der Waals surface area contributed by atoms with Crippen molar-refractivity contribution in [2.24, 2.45) is 0 Å². The molecule has 2 N–H and O–H groups in total. The van der Waals surface area contributed by atoms with E-state index in [4.69, 9.17) is 4.74 Å². The second-order valence-electron chi connectivity index (χ2n) is 5.78. The van der Waals surface area contributed by atoms with Crippen molar-refractivity contribution in [3.8, 4) is 0 Å². The van der Waals surface area contributed by atoms with E-state index in [9.17, 15) is 14.4 Å². The van der Waals surface area contributed by atoms with Gasteiger partial charge in [0.1, 0.15) is 6.54 Å². The summed E-state index contributed by atoms with van der Waals surface area (Å²) in [7, 11) is 4.73. The highest BCUT2D eigenvalue weighted by atomic mass is 16.5. The van der Waals surface area contributed by atoms with Crippen LogP contribution in [0.3, 0.4) is 0 Å². The molecule has 1 rings (SSSR count). The van der Waals surface area contributed by atoms with E-state index in [-0.39, 0.29) is 31.6 Å². The number of amides is 4. The molecule has 0 radical (unpaired) electrons. The molecule has 1 aromatic carbocycles. The van der Waals surface area contributed by atoms with Gasteiger partial charge in [-0.25, -0.2) is 4.79 Å². The van der Waals surface area contributed by atoms with Crippen LogP contribution in [0.2, 0.25) is 0 Å². The number of anilines is 1. The Bertz CT molecular complexity index is 587. The first-order valence-corrected chi connectivity index (χ1v) is 7.92. The molecule has 1 aromatic rings. The fourth-order valence-electron chi connectivity index (χ4n) is 1.98. The summed E-state index contributed by atoms with van der Waals surface area (Å²) in [5, 5.41) is 5.20. The van der Waals surface area contributed by atoms with Crippen molar-refractivity contribution < 1.29 is 19.1 Å². The van der Waals surface area contributed by atoms with Crippen LogP contribution in [0.4, 0.5) is 10.5 Å². The molecule has 8 heteroatoms. The number of rotatable bonds is 8. The van der Waals surface area contributed by atoms with Crippen LogP contribution in [-0.2, 0) is 14.3 Å². The zero-order valence-electron chi connectivity index (χ0n) is 15.2. The molecule has 4 amide bonds. The predicted octanol–water partition coefficient (Wildman–Crippen LogP) is 0.680. The Morgan fingerprint density at radius 3 is 2.28 bits per heavy atom. The summed E-state index contributed by atoms with van der Waals surface area (Å²) < 4.78 is 4.95. The van der Waals surface area contributed by atoms with Gasteiger partial charge in [0.05, 0.1) is 13.2 Å². The van der Waals surface area contributed by atoms with Gasteiger partial charge in [0.2, 0.25) is 11.8 Å². The van der Waals surface area contributed by atoms with Gasteiger partial charge in [0, 0.05) is 33.4 Å². The van der Waals surface area contributed by atoms with Crippen molar-refractivity contribution in [1.29, 1.82) is 0 Å². The number of carbonyl (C=O) groups excluding carboxylic acids is 3. The van der Waals surface area contributed by atoms with Gasteiger partial charge < -0.3 is 25.2 Å². The molecule has 138 valence electrons. The second-order valence-corrected chi connectivity index (χ2v) is 5.78. The van der Waals surface area contributed by atoms with Crippen LogP contribution in [0.1, 0.15) is 5.56 Å². The van der Waals surface area contributed by atoms with Crippen molar-refractivity contribution in [3.05, 3.63) is 29.8 Å². The standard InChI is InChI=1S/C17H26N4O4/c1-13-5-7-14(8-6-13)19-15(22)11-18-16(23)12-21(9-10-25-4)17(24)20(2)3/h5-8H,9-12H2,1-4H3,(H,18,23)(H,19,22). The minimum Gasteiger partial charge on any atom is -0.383 e. The SMILES string of the molecule is COCCN(CC(=O)NCC(=O)Nc1ccc(C)cc1)C(=O)N(C)C. The number of ether oxygens (including phenoxy) is 1. The predicted molar refractivity (Wildman–Crippen MR) is 95.4 cm³/mol. The summed E-state index contributed by atoms with van der Waals surface area (Å²) >= 11 is 0. The van der Waals surface area contributed by atoms with Crippen LogP contribution in [0.25, 0.3) is 0 Å². The van der Waals surface area contributed by atoms with Crippen LogP contribution >= 0.6 is 0 Å². The molecule has 8 nitrogen and oxygen atoms in total. The van der Waals surface area contributed by atoms with Gasteiger partial charge in [-0.05, 0) is 19.1 Å². The molecule has 0 aliphatic rings. The highest BCUT2D eigenvalue weighted by Gasteiger charge is 2.18. The molecule has 0 saturated carbocycles. The molecule has 0 heterocycles. The van der Waals surface area contributed by atoms with Crippen molar-refractivity contribution >= 4 is 23.5 Å². The Morgan fingerprint density at radius 1 is 1.08 bits per heavy atom. The lowest BCUT2D eigenvalue weighted by Gasteiger charge is -2.25. The number of benzene rings is 1. The lowest BCUT2D eigenvalue weighted by molar-refractivity contribution is -0.124. The Labute approximate surface area is 148 Å². The second kappa shape index (κ2) is 10.3. The fourth-order valence-corrected chi connectivity index (χ4v) is 1.98. The van der Waals surface area contributed by atoms with Gasteiger partial charge in [0.25, 0.3) is 0 Å². The topological polar surface area (TPSA) is 91.0 Å². The summed E-state index contributed by atoms with van der Waals surface area (Å²) in [6, 6.07) is 7.05. The van der Waals surface area contributed by atoms with E-state index >= 15 is 0 Å². The zero-order chi connectivity index (χ0) is 18.8. The third-order valence-electron chi connectivity index (χ3n) is 3.33. The number of hydrogen-bond donors (Lipinski definition) is 2. The van der Waals surface area contributed by atoms with E-state index < -0.39 is 5.91 Å². The summed E-state index contributed by atoms with van der Waals surface area (Å²) in [4.78, 5) is 38.6. The van der Waals surface area contributed by atoms with E-state index in [1.807, 2.05) is 19.1 Å². The first-order chi connectivity index (χ1) is 11.8. The Morgan fingerprint density at radius 2 is 1.72 bits per heavy atom. The molecule has 0 saturated heterocycles. The van der Waals surface area contributed by atoms with Gasteiger partial charge in [-0.2, -0.15) is 0 Å². The lowest BCUT2D eigenvalue weighted by atomic mass is 10.2. The molecule has 0 atom stereocenters. The van der Waals surface area contributed by atoms with Crippen molar-refractivity contribution in [1.82, 2.24) is 15.1 Å². The van der Waals surface area contributed by atoms with Gasteiger partial charge in [-0.15, -0.1) is 0 Å². The summed E-state index contributed by atoms with van der Waals surface area (Å²) in [6.07, 6.45) is 0. The molecular formula is C17H26N4O4. The van der Waals surface area contributed by atoms with E-state index in [2.05, 4.69) is 10.6 Å². The van der Waals surface area contributed by atoms with E-state index in [0.717, 1.165) is 5.56 Å². The summed E-state index contributed by atoms with van der Waals surface area (Å²) in [5.41, 5.74) is 1.75. The first-order valence-electron chi connectivity index (χ1n) is 7.92. The highest BCUT2D eigenvalue weighted by molar-refractivity contribution is 5.95. The number of methoxy groups -OCH3 is 1. The molecule has 0 aromatic heterocycles. The maximum Gasteiger partial charge on any atom is 0.320 e. The number of urea groups is 1. The first kappa shape index (κ1) is 20.4. The molecule has 0 aliphatic heterocycles. The quantitative estimate of drug-likeness (QED) is 0.721. The minimum atomic E-state index is -0.412. The smallest absolute Gasteiger partial charge is 0.320 e. The number of hydrogen-bond acceptors (Lipinski definition) is 4. The zero-order valence-corrected chi connectivity index (χ0v) is 15.2. The summed E-state index contributed by atoms with van der Waals surface area (Å²) in [6.45, 7) is 2.26. The lowest BCUT2D eigenvalue weighted by Crippen LogP contribution is -2.47. The van der Waals surface area contributed by atoms with Gasteiger partial charge >= 0.3 is 6.03 Å². The van der Waals surface area contributed by atoms with Gasteiger partial charge in [-0.3, -0.25) is 9.59 Å². The molecular weight excluding hydrogens is 324 g/mol. The normalized spacial score (nSPS) is 10.1. The maximum atomic E-state index is 12.0. The van der Waals surface area contributed by atoms with E-state index in [1.165, 1.54) is 16.9 Å². The number of carbonyl (C=O) groups is 3. The van der Waals surface area contributed by atoms with Gasteiger partial charge in [-0.1, -0.05) is 17.7 Å². The van der Waals surface area contributed by atoms with E-state index in [1.54, 1.807) is 26.2 Å². The number of nitrogens with zero attached hydrogens (tertiary/aromatic N) is 2. The van der Waals surface area contributed by atoms with Crippen LogP contribution in [0.5, 0.6) is 0 Å². The van der Waals surface area contributed by atoms with Crippen molar-refractivity contribution in [2.45, 2.75) is 6.92 Å². The number of aryl methyl sites for hydroxylation is 1. The Hall–Kier alpha value is -2.61.